The predicted octanol–water partition coefficient (Wildman–Crippen LogP) is 5.63. The number of hydrogen-bond acceptors (Lipinski definition) is 2. The Balaban J connectivity index is 2.26. The highest BCUT2D eigenvalue weighted by Gasteiger charge is 2.28. The molecule has 0 saturated carbocycles. The van der Waals surface area contributed by atoms with E-state index in [2.05, 4.69) is 51.4 Å². The van der Waals surface area contributed by atoms with Crippen LogP contribution in [0, 0.1) is 18.2 Å². The number of aryl methyl sites for hydroxylation is 1. The Kier molecular flexibility index (Phi) is 4.84. The van der Waals surface area contributed by atoms with Crippen LogP contribution in [0.1, 0.15) is 55.8 Å². The molecule has 114 valence electrons. The van der Waals surface area contributed by atoms with Gasteiger partial charge in [0.2, 0.25) is 0 Å². The SMILES string of the molecule is Cc1ccsc1C(C)NC(c1ccc(F)cc1)C(C)(C)C. The molecule has 1 heterocycles. The van der Waals surface area contributed by atoms with Gasteiger partial charge in [0, 0.05) is 17.0 Å². The molecule has 1 nitrogen and oxygen atoms in total. The van der Waals surface area contributed by atoms with Gasteiger partial charge in [-0.2, -0.15) is 0 Å². The molecule has 0 aliphatic carbocycles. The third-order valence-electron chi connectivity index (χ3n) is 3.78. The molecule has 0 bridgehead atoms. The van der Waals surface area contributed by atoms with Crippen LogP contribution in [0.15, 0.2) is 35.7 Å². The molecule has 1 aromatic heterocycles. The van der Waals surface area contributed by atoms with Gasteiger partial charge in [-0.25, -0.2) is 4.39 Å². The summed E-state index contributed by atoms with van der Waals surface area (Å²) < 4.78 is 13.2. The van der Waals surface area contributed by atoms with Crippen molar-refractivity contribution >= 4 is 11.3 Å². The second kappa shape index (κ2) is 6.29. The number of nitrogens with one attached hydrogen (secondary N) is 1. The molecule has 2 atom stereocenters. The van der Waals surface area contributed by atoms with Gasteiger partial charge in [-0.3, -0.25) is 0 Å². The minimum Gasteiger partial charge on any atom is -0.302 e. The van der Waals surface area contributed by atoms with Crippen LogP contribution in [0.25, 0.3) is 0 Å². The Morgan fingerprint density at radius 3 is 2.19 bits per heavy atom. The Bertz CT molecular complexity index is 580. The Labute approximate surface area is 131 Å². The van der Waals surface area contributed by atoms with Crippen molar-refractivity contribution < 1.29 is 4.39 Å². The van der Waals surface area contributed by atoms with Gasteiger partial charge in [0.1, 0.15) is 5.82 Å². The van der Waals surface area contributed by atoms with Crippen molar-refractivity contribution in [3.8, 4) is 0 Å². The van der Waals surface area contributed by atoms with Gasteiger partial charge in [-0.15, -0.1) is 11.3 Å². The van der Waals surface area contributed by atoms with Gasteiger partial charge < -0.3 is 5.32 Å². The molecule has 0 radical (unpaired) electrons. The summed E-state index contributed by atoms with van der Waals surface area (Å²) in [6.07, 6.45) is 0. The molecule has 0 amide bonds. The van der Waals surface area contributed by atoms with Crippen molar-refractivity contribution in [1.29, 1.82) is 0 Å². The summed E-state index contributed by atoms with van der Waals surface area (Å²) in [6.45, 7) is 11.0. The van der Waals surface area contributed by atoms with Crippen molar-refractivity contribution in [3.05, 3.63) is 57.5 Å². The van der Waals surface area contributed by atoms with E-state index in [0.717, 1.165) is 5.56 Å². The second-order valence-electron chi connectivity index (χ2n) is 6.71. The van der Waals surface area contributed by atoms with Gasteiger partial charge >= 0.3 is 0 Å². The van der Waals surface area contributed by atoms with Gasteiger partial charge in [-0.05, 0) is 54.0 Å². The number of benzene rings is 1. The van der Waals surface area contributed by atoms with Crippen molar-refractivity contribution in [2.24, 2.45) is 5.41 Å². The van der Waals surface area contributed by atoms with E-state index >= 15 is 0 Å². The molecule has 0 spiro atoms. The number of hydrogen-bond donors (Lipinski definition) is 1. The summed E-state index contributed by atoms with van der Waals surface area (Å²) in [5.74, 6) is -0.187. The molecular weight excluding hydrogens is 281 g/mol. The maximum absolute atomic E-state index is 13.2. The van der Waals surface area contributed by atoms with Crippen LogP contribution in [-0.4, -0.2) is 0 Å². The Hall–Kier alpha value is -1.19. The molecule has 2 rings (SSSR count). The summed E-state index contributed by atoms with van der Waals surface area (Å²) in [5.41, 5.74) is 2.51. The smallest absolute Gasteiger partial charge is 0.123 e. The van der Waals surface area contributed by atoms with E-state index in [1.165, 1.54) is 22.6 Å². The average molecular weight is 305 g/mol. The van der Waals surface area contributed by atoms with Crippen LogP contribution < -0.4 is 5.32 Å². The zero-order valence-electron chi connectivity index (χ0n) is 13.4. The summed E-state index contributed by atoms with van der Waals surface area (Å²) >= 11 is 1.79. The first-order valence-corrected chi connectivity index (χ1v) is 8.22. The normalized spacial score (nSPS) is 15.0. The minimum absolute atomic E-state index is 0.0528. The molecule has 0 fully saturated rings. The summed E-state index contributed by atoms with van der Waals surface area (Å²) in [5, 5.41) is 5.86. The summed E-state index contributed by atoms with van der Waals surface area (Å²) in [7, 11) is 0. The molecule has 1 aromatic carbocycles. The largest absolute Gasteiger partial charge is 0.302 e. The monoisotopic (exact) mass is 305 g/mol. The number of rotatable bonds is 4. The summed E-state index contributed by atoms with van der Waals surface area (Å²) in [4.78, 5) is 1.37. The topological polar surface area (TPSA) is 12.0 Å². The first-order chi connectivity index (χ1) is 9.79. The standard InChI is InChI=1S/C18H24FNS/c1-12-10-11-21-16(12)13(2)20-17(18(3,4)5)14-6-8-15(19)9-7-14/h6-11,13,17,20H,1-5H3. The maximum atomic E-state index is 13.2. The van der Waals surface area contributed by atoms with Crippen LogP contribution in [0.5, 0.6) is 0 Å². The molecule has 0 aliphatic heterocycles. The first-order valence-electron chi connectivity index (χ1n) is 7.34. The second-order valence-corrected chi connectivity index (χ2v) is 7.65. The van der Waals surface area contributed by atoms with Crippen molar-refractivity contribution in [3.63, 3.8) is 0 Å². The molecule has 3 heteroatoms. The van der Waals surface area contributed by atoms with Crippen LogP contribution in [0.4, 0.5) is 4.39 Å². The highest BCUT2D eigenvalue weighted by atomic mass is 32.1. The average Bonchev–Trinajstić information content (AvgIpc) is 2.82. The fourth-order valence-electron chi connectivity index (χ4n) is 2.66. The molecule has 0 aliphatic rings. The molecule has 0 saturated heterocycles. The van der Waals surface area contributed by atoms with E-state index in [9.17, 15) is 4.39 Å². The van der Waals surface area contributed by atoms with Crippen LogP contribution in [0.3, 0.4) is 0 Å². The lowest BCUT2D eigenvalue weighted by molar-refractivity contribution is 0.255. The molecule has 1 N–H and O–H groups in total. The quantitative estimate of drug-likeness (QED) is 0.771. The molecule has 21 heavy (non-hydrogen) atoms. The molecular formula is C18H24FNS. The van der Waals surface area contributed by atoms with Crippen LogP contribution >= 0.6 is 11.3 Å². The lowest BCUT2D eigenvalue weighted by atomic mass is 9.82. The molecule has 2 aromatic rings. The van der Waals surface area contributed by atoms with Crippen molar-refractivity contribution in [1.82, 2.24) is 5.32 Å². The fourth-order valence-corrected chi connectivity index (χ4v) is 3.60. The van der Waals surface area contributed by atoms with E-state index < -0.39 is 0 Å². The van der Waals surface area contributed by atoms with E-state index in [1.807, 2.05) is 12.1 Å². The van der Waals surface area contributed by atoms with Crippen molar-refractivity contribution in [2.45, 2.75) is 46.7 Å². The molecule has 2 unspecified atom stereocenters. The van der Waals surface area contributed by atoms with E-state index in [-0.39, 0.29) is 23.3 Å². The highest BCUT2D eigenvalue weighted by Crippen LogP contribution is 2.36. The third-order valence-corrected chi connectivity index (χ3v) is 4.98. The highest BCUT2D eigenvalue weighted by molar-refractivity contribution is 7.10. The van der Waals surface area contributed by atoms with E-state index in [4.69, 9.17) is 0 Å². The zero-order chi connectivity index (χ0) is 15.6. The van der Waals surface area contributed by atoms with Gasteiger partial charge in [-0.1, -0.05) is 32.9 Å². The zero-order valence-corrected chi connectivity index (χ0v) is 14.2. The minimum atomic E-state index is -0.187. The number of halogens is 1. The lowest BCUT2D eigenvalue weighted by Gasteiger charge is -2.34. The van der Waals surface area contributed by atoms with Gasteiger partial charge in [0.05, 0.1) is 0 Å². The van der Waals surface area contributed by atoms with Crippen LogP contribution in [-0.2, 0) is 0 Å². The number of thiophene rings is 1. The maximum Gasteiger partial charge on any atom is 0.123 e. The third kappa shape index (κ3) is 3.92. The van der Waals surface area contributed by atoms with Gasteiger partial charge in [0.15, 0.2) is 0 Å². The fraction of sp³-hybridized carbons (Fsp3) is 0.444. The van der Waals surface area contributed by atoms with E-state index in [0.29, 0.717) is 0 Å². The first kappa shape index (κ1) is 16.2. The Morgan fingerprint density at radius 1 is 1.10 bits per heavy atom. The van der Waals surface area contributed by atoms with Crippen molar-refractivity contribution in [2.75, 3.05) is 0 Å². The lowest BCUT2D eigenvalue weighted by Crippen LogP contribution is -2.34. The predicted molar refractivity (Wildman–Crippen MR) is 89.2 cm³/mol. The van der Waals surface area contributed by atoms with Gasteiger partial charge in [0.25, 0.3) is 0 Å². The van der Waals surface area contributed by atoms with Crippen LogP contribution in [0.2, 0.25) is 0 Å². The summed E-state index contributed by atoms with van der Waals surface area (Å²) in [6, 6.07) is 9.45. The Morgan fingerprint density at radius 2 is 1.71 bits per heavy atom. The van der Waals surface area contributed by atoms with E-state index in [1.54, 1.807) is 11.3 Å².